The van der Waals surface area contributed by atoms with Crippen molar-refractivity contribution in [1.82, 2.24) is 4.98 Å². The van der Waals surface area contributed by atoms with E-state index in [1.807, 2.05) is 32.0 Å². The lowest BCUT2D eigenvalue weighted by atomic mass is 10.1. The molecule has 0 fully saturated rings. The van der Waals surface area contributed by atoms with Gasteiger partial charge in [-0.1, -0.05) is 23.7 Å². The Bertz CT molecular complexity index is 661. The molecule has 1 aliphatic rings. The molecule has 0 saturated heterocycles. The van der Waals surface area contributed by atoms with Gasteiger partial charge in [0.2, 0.25) is 5.89 Å². The third kappa shape index (κ3) is 2.42. The van der Waals surface area contributed by atoms with Crippen molar-refractivity contribution in [3.63, 3.8) is 0 Å². The Morgan fingerprint density at radius 2 is 2.25 bits per heavy atom. The van der Waals surface area contributed by atoms with Gasteiger partial charge in [-0.3, -0.25) is 4.21 Å². The normalized spacial score (nSPS) is 19.1. The lowest BCUT2D eigenvalue weighted by Gasteiger charge is -2.10. The number of fused-ring (bicyclic) bond motifs is 1. The van der Waals surface area contributed by atoms with Crippen LogP contribution in [0.4, 0.5) is 0 Å². The fraction of sp³-hybridized carbons (Fsp3) is 0.400. The molecule has 2 atom stereocenters. The molecule has 2 aromatic rings. The van der Waals surface area contributed by atoms with E-state index in [1.165, 1.54) is 0 Å². The van der Waals surface area contributed by atoms with Gasteiger partial charge in [0.15, 0.2) is 0 Å². The summed E-state index contributed by atoms with van der Waals surface area (Å²) < 4.78 is 18.1. The summed E-state index contributed by atoms with van der Waals surface area (Å²) in [5, 5.41) is 0.820. The van der Waals surface area contributed by atoms with Gasteiger partial charge in [-0.2, -0.15) is 0 Å². The molecule has 0 aliphatic heterocycles. The molecule has 0 saturated carbocycles. The van der Waals surface area contributed by atoms with Crippen molar-refractivity contribution in [2.75, 3.05) is 0 Å². The summed E-state index contributed by atoms with van der Waals surface area (Å²) in [5.74, 6) is 1.73. The van der Waals surface area contributed by atoms with Gasteiger partial charge in [-0.25, -0.2) is 4.98 Å². The topological polar surface area (TPSA) is 43.1 Å². The first-order valence-corrected chi connectivity index (χ1v) is 8.39. The Hall–Kier alpha value is -1.13. The van der Waals surface area contributed by atoms with Crippen LogP contribution in [-0.4, -0.2) is 9.19 Å². The third-order valence-corrected chi connectivity index (χ3v) is 5.82. The predicted octanol–water partition coefficient (Wildman–Crippen LogP) is 3.88. The number of hydrogen-bond acceptors (Lipinski definition) is 3. The highest BCUT2D eigenvalue weighted by molar-refractivity contribution is 7.84. The average molecular weight is 310 g/mol. The molecule has 0 spiro atoms. The summed E-state index contributed by atoms with van der Waals surface area (Å²) >= 11 is 6.19. The summed E-state index contributed by atoms with van der Waals surface area (Å²) in [6.45, 7) is 3.77. The van der Waals surface area contributed by atoms with Crippen LogP contribution in [0.25, 0.3) is 0 Å². The van der Waals surface area contributed by atoms with Crippen LogP contribution in [-0.2, 0) is 23.0 Å². The largest absolute Gasteiger partial charge is 0.445 e. The minimum Gasteiger partial charge on any atom is -0.445 e. The standard InChI is InChI=1S/C15H16ClNO2S/c1-9-10(2)19-15(17-9)8-20(18)14-7-6-11-12(14)4-3-5-13(11)16/h3-5,14H,6-8H2,1-2H3/t14-,20+/m1/s1. The summed E-state index contributed by atoms with van der Waals surface area (Å²) in [4.78, 5) is 4.31. The zero-order chi connectivity index (χ0) is 14.3. The third-order valence-electron chi connectivity index (χ3n) is 3.81. The van der Waals surface area contributed by atoms with Gasteiger partial charge in [0.25, 0.3) is 0 Å². The van der Waals surface area contributed by atoms with E-state index in [-0.39, 0.29) is 5.25 Å². The van der Waals surface area contributed by atoms with E-state index in [1.54, 1.807) is 0 Å². The van der Waals surface area contributed by atoms with Gasteiger partial charge < -0.3 is 4.42 Å². The first kappa shape index (κ1) is 13.8. The molecule has 1 heterocycles. The second kappa shape index (κ2) is 5.34. The van der Waals surface area contributed by atoms with E-state index in [0.29, 0.717) is 11.6 Å². The van der Waals surface area contributed by atoms with Crippen molar-refractivity contribution < 1.29 is 8.63 Å². The molecular formula is C15H16ClNO2S. The molecule has 1 aromatic heterocycles. The van der Waals surface area contributed by atoms with Crippen molar-refractivity contribution in [2.24, 2.45) is 0 Å². The van der Waals surface area contributed by atoms with E-state index in [0.717, 1.165) is 40.4 Å². The number of aromatic nitrogens is 1. The van der Waals surface area contributed by atoms with Crippen molar-refractivity contribution in [2.45, 2.75) is 37.7 Å². The van der Waals surface area contributed by atoms with Crippen LogP contribution < -0.4 is 0 Å². The van der Waals surface area contributed by atoms with Crippen molar-refractivity contribution in [3.05, 3.63) is 51.7 Å². The van der Waals surface area contributed by atoms with Crippen molar-refractivity contribution in [3.8, 4) is 0 Å². The smallest absolute Gasteiger partial charge is 0.207 e. The van der Waals surface area contributed by atoms with Crippen LogP contribution in [0.1, 0.15) is 40.1 Å². The minimum absolute atomic E-state index is 0.0382. The Labute approximate surface area is 125 Å². The van der Waals surface area contributed by atoms with Crippen LogP contribution in [0.2, 0.25) is 5.02 Å². The predicted molar refractivity (Wildman–Crippen MR) is 80.3 cm³/mol. The van der Waals surface area contributed by atoms with Crippen LogP contribution in [0.5, 0.6) is 0 Å². The fourth-order valence-electron chi connectivity index (χ4n) is 2.67. The monoisotopic (exact) mass is 309 g/mol. The molecule has 0 N–H and O–H groups in total. The molecule has 0 bridgehead atoms. The number of rotatable bonds is 3. The van der Waals surface area contributed by atoms with E-state index in [9.17, 15) is 4.21 Å². The first-order valence-electron chi connectivity index (χ1n) is 6.63. The molecule has 3 rings (SSSR count). The lowest BCUT2D eigenvalue weighted by molar-refractivity contribution is 0.487. The maximum absolute atomic E-state index is 12.6. The molecule has 5 heteroatoms. The number of nitrogens with zero attached hydrogens (tertiary/aromatic N) is 1. The van der Waals surface area contributed by atoms with Crippen molar-refractivity contribution in [1.29, 1.82) is 0 Å². The SMILES string of the molecule is Cc1nc(C[S@](=O)[C@@H]2CCc3c(Cl)cccc32)oc1C. The number of hydrogen-bond donors (Lipinski definition) is 0. The number of halogens is 1. The van der Waals surface area contributed by atoms with E-state index in [2.05, 4.69) is 4.98 Å². The molecule has 0 radical (unpaired) electrons. The van der Waals surface area contributed by atoms with Crippen LogP contribution in [0.3, 0.4) is 0 Å². The Kier molecular flexibility index (Phi) is 3.69. The minimum atomic E-state index is -1.03. The second-order valence-corrected chi connectivity index (χ2v) is 7.14. The van der Waals surface area contributed by atoms with E-state index in [4.69, 9.17) is 16.0 Å². The maximum atomic E-state index is 12.6. The lowest BCUT2D eigenvalue weighted by Crippen LogP contribution is -2.06. The average Bonchev–Trinajstić information content (AvgIpc) is 2.95. The van der Waals surface area contributed by atoms with E-state index >= 15 is 0 Å². The second-order valence-electron chi connectivity index (χ2n) is 5.11. The molecule has 1 aliphatic carbocycles. The molecule has 20 heavy (non-hydrogen) atoms. The maximum Gasteiger partial charge on any atom is 0.207 e. The molecule has 3 nitrogen and oxygen atoms in total. The van der Waals surface area contributed by atoms with Gasteiger partial charge in [0.05, 0.1) is 10.9 Å². The van der Waals surface area contributed by atoms with Gasteiger partial charge in [-0.15, -0.1) is 0 Å². The van der Waals surface area contributed by atoms with Gasteiger partial charge in [0, 0.05) is 15.8 Å². The molecule has 0 amide bonds. The Balaban J connectivity index is 1.82. The zero-order valence-electron chi connectivity index (χ0n) is 11.5. The first-order chi connectivity index (χ1) is 9.56. The summed E-state index contributed by atoms with van der Waals surface area (Å²) in [5.41, 5.74) is 3.13. The van der Waals surface area contributed by atoms with Gasteiger partial charge >= 0.3 is 0 Å². The quantitative estimate of drug-likeness (QED) is 0.864. The zero-order valence-corrected chi connectivity index (χ0v) is 13.1. The fourth-order valence-corrected chi connectivity index (χ4v) is 4.40. The molecule has 106 valence electrons. The van der Waals surface area contributed by atoms with Crippen molar-refractivity contribution >= 4 is 22.4 Å². The van der Waals surface area contributed by atoms with Crippen LogP contribution in [0, 0.1) is 13.8 Å². The highest BCUT2D eigenvalue weighted by Crippen LogP contribution is 2.39. The highest BCUT2D eigenvalue weighted by Gasteiger charge is 2.29. The number of benzene rings is 1. The Morgan fingerprint density at radius 1 is 1.45 bits per heavy atom. The van der Waals surface area contributed by atoms with Gasteiger partial charge in [-0.05, 0) is 43.9 Å². The number of aryl methyl sites for hydroxylation is 2. The Morgan fingerprint density at radius 3 is 2.95 bits per heavy atom. The molecule has 1 aromatic carbocycles. The molecule has 0 unspecified atom stereocenters. The summed E-state index contributed by atoms with van der Waals surface area (Å²) in [7, 11) is -1.03. The van der Waals surface area contributed by atoms with Crippen LogP contribution >= 0.6 is 11.6 Å². The highest BCUT2D eigenvalue weighted by atomic mass is 35.5. The molecular weight excluding hydrogens is 294 g/mol. The summed E-state index contributed by atoms with van der Waals surface area (Å²) in [6.07, 6.45) is 1.78. The van der Waals surface area contributed by atoms with E-state index < -0.39 is 10.8 Å². The number of oxazole rings is 1. The summed E-state index contributed by atoms with van der Waals surface area (Å²) in [6, 6.07) is 5.85. The van der Waals surface area contributed by atoms with Gasteiger partial charge in [0.1, 0.15) is 11.5 Å². The van der Waals surface area contributed by atoms with Crippen LogP contribution in [0.15, 0.2) is 22.6 Å².